The fraction of sp³-hybridized carbons (Fsp3) is 0.357. The van der Waals surface area contributed by atoms with Gasteiger partial charge in [0.25, 0.3) is 0 Å². The summed E-state index contributed by atoms with van der Waals surface area (Å²) < 4.78 is 18.0. The van der Waals surface area contributed by atoms with Crippen LogP contribution in [0.15, 0.2) is 66.7 Å². The van der Waals surface area contributed by atoms with Crippen molar-refractivity contribution in [3.05, 3.63) is 89.0 Å². The summed E-state index contributed by atoms with van der Waals surface area (Å²) in [7, 11) is 0. The van der Waals surface area contributed by atoms with Crippen LogP contribution in [-0.4, -0.2) is 47.7 Å². The van der Waals surface area contributed by atoms with Gasteiger partial charge in [-0.1, -0.05) is 42.5 Å². The summed E-state index contributed by atoms with van der Waals surface area (Å²) in [4.78, 5) is 0. The summed E-state index contributed by atoms with van der Waals surface area (Å²) in [5.74, 6) is 1.47. The highest BCUT2D eigenvalue weighted by Gasteiger charge is 2.22. The first kappa shape index (κ1) is 25.0. The smallest absolute Gasteiger partial charge is 0.162 e. The molecule has 0 spiro atoms. The quantitative estimate of drug-likeness (QED) is 0.311. The van der Waals surface area contributed by atoms with Gasteiger partial charge in [-0.2, -0.15) is 0 Å². The van der Waals surface area contributed by atoms with E-state index in [1.807, 2.05) is 43.3 Å². The standard InChI is InChI=1S/C28H33NO6/c1-19(21-5-3-2-4-6-21)33-17-24-18-34-27-10-7-20(13-28(27)35-24)11-12-29-15-26(32)22-8-9-25(31)23(14-22)16-30/h2-10,13-14,19,24,26,29-32H,11-12,15-18H2,1H3/t19?,24-,26+/m1/s1. The fourth-order valence-corrected chi connectivity index (χ4v) is 4.00. The zero-order valence-electron chi connectivity index (χ0n) is 19.9. The van der Waals surface area contributed by atoms with Crippen LogP contribution in [0.3, 0.4) is 0 Å². The van der Waals surface area contributed by atoms with Crippen LogP contribution in [0, 0.1) is 0 Å². The zero-order chi connectivity index (χ0) is 24.6. The highest BCUT2D eigenvalue weighted by Crippen LogP contribution is 2.33. The van der Waals surface area contributed by atoms with Crippen molar-refractivity contribution >= 4 is 0 Å². The normalized spacial score (nSPS) is 16.6. The van der Waals surface area contributed by atoms with Crippen molar-refractivity contribution in [2.75, 3.05) is 26.3 Å². The third-order valence-electron chi connectivity index (χ3n) is 6.11. The molecule has 3 aromatic rings. The number of phenols is 1. The second kappa shape index (κ2) is 12.0. The number of rotatable bonds is 11. The summed E-state index contributed by atoms with van der Waals surface area (Å²) in [6, 6.07) is 20.8. The lowest BCUT2D eigenvalue weighted by Gasteiger charge is -2.28. The number of hydrogen-bond donors (Lipinski definition) is 4. The van der Waals surface area contributed by atoms with Gasteiger partial charge in [-0.05, 0) is 60.8 Å². The molecule has 0 radical (unpaired) electrons. The molecule has 1 aliphatic heterocycles. The molecule has 7 heteroatoms. The summed E-state index contributed by atoms with van der Waals surface area (Å²) >= 11 is 0. The minimum Gasteiger partial charge on any atom is -0.508 e. The second-order valence-electron chi connectivity index (χ2n) is 8.73. The van der Waals surface area contributed by atoms with Crippen LogP contribution in [-0.2, 0) is 17.8 Å². The molecule has 186 valence electrons. The lowest BCUT2D eigenvalue weighted by Crippen LogP contribution is -2.33. The lowest BCUT2D eigenvalue weighted by atomic mass is 10.1. The average molecular weight is 480 g/mol. The first-order valence-corrected chi connectivity index (χ1v) is 11.9. The van der Waals surface area contributed by atoms with Gasteiger partial charge in [-0.3, -0.25) is 0 Å². The molecule has 1 aliphatic rings. The third-order valence-corrected chi connectivity index (χ3v) is 6.11. The molecule has 35 heavy (non-hydrogen) atoms. The molecule has 0 saturated carbocycles. The molecule has 1 heterocycles. The Kier molecular flexibility index (Phi) is 8.60. The highest BCUT2D eigenvalue weighted by molar-refractivity contribution is 5.44. The number of aliphatic hydroxyl groups excluding tert-OH is 2. The average Bonchev–Trinajstić information content (AvgIpc) is 2.90. The number of hydrogen-bond acceptors (Lipinski definition) is 7. The summed E-state index contributed by atoms with van der Waals surface area (Å²) in [5.41, 5.74) is 3.27. The monoisotopic (exact) mass is 479 g/mol. The molecule has 4 N–H and O–H groups in total. The number of aliphatic hydroxyl groups is 2. The maximum absolute atomic E-state index is 10.4. The van der Waals surface area contributed by atoms with E-state index in [1.54, 1.807) is 12.1 Å². The minimum absolute atomic E-state index is 0.0224. The third kappa shape index (κ3) is 6.74. The van der Waals surface area contributed by atoms with Crippen molar-refractivity contribution in [3.8, 4) is 17.2 Å². The lowest BCUT2D eigenvalue weighted by molar-refractivity contribution is -0.0205. The van der Waals surface area contributed by atoms with E-state index in [0.29, 0.717) is 37.4 Å². The number of aromatic hydroxyl groups is 1. The van der Waals surface area contributed by atoms with Crippen LogP contribution in [0.5, 0.6) is 17.2 Å². The number of ether oxygens (including phenoxy) is 3. The molecule has 7 nitrogen and oxygen atoms in total. The maximum Gasteiger partial charge on any atom is 0.162 e. The number of nitrogens with one attached hydrogen (secondary N) is 1. The van der Waals surface area contributed by atoms with Gasteiger partial charge in [0, 0.05) is 12.1 Å². The molecule has 4 rings (SSSR count). The Hall–Kier alpha value is -3.10. The first-order valence-electron chi connectivity index (χ1n) is 11.9. The minimum atomic E-state index is -0.736. The Bertz CT molecular complexity index is 1090. The van der Waals surface area contributed by atoms with Crippen LogP contribution >= 0.6 is 0 Å². The Morgan fingerprint density at radius 2 is 1.86 bits per heavy atom. The van der Waals surface area contributed by atoms with E-state index in [9.17, 15) is 15.3 Å². The van der Waals surface area contributed by atoms with Crippen molar-refractivity contribution in [3.63, 3.8) is 0 Å². The van der Waals surface area contributed by atoms with Gasteiger partial charge < -0.3 is 34.8 Å². The van der Waals surface area contributed by atoms with Gasteiger partial charge >= 0.3 is 0 Å². The van der Waals surface area contributed by atoms with E-state index in [4.69, 9.17) is 14.2 Å². The van der Waals surface area contributed by atoms with Crippen LogP contribution in [0.4, 0.5) is 0 Å². The van der Waals surface area contributed by atoms with E-state index in [0.717, 1.165) is 29.0 Å². The Balaban J connectivity index is 1.23. The summed E-state index contributed by atoms with van der Waals surface area (Å²) in [6.07, 6.45) is -0.176. The van der Waals surface area contributed by atoms with Crippen molar-refractivity contribution in [2.24, 2.45) is 0 Å². The van der Waals surface area contributed by atoms with Gasteiger partial charge in [-0.25, -0.2) is 0 Å². The SMILES string of the molecule is CC(OC[C@@H]1COc2ccc(CCNC[C@H](O)c3ccc(O)c(CO)c3)cc2O1)c1ccccc1. The second-order valence-corrected chi connectivity index (χ2v) is 8.73. The Morgan fingerprint density at radius 3 is 2.66 bits per heavy atom. The van der Waals surface area contributed by atoms with Crippen LogP contribution in [0.25, 0.3) is 0 Å². The van der Waals surface area contributed by atoms with E-state index in [-0.39, 0.29) is 24.6 Å². The molecule has 0 saturated heterocycles. The van der Waals surface area contributed by atoms with Crippen LogP contribution in [0.2, 0.25) is 0 Å². The van der Waals surface area contributed by atoms with Gasteiger partial charge in [0.1, 0.15) is 12.4 Å². The zero-order valence-corrected chi connectivity index (χ0v) is 19.9. The maximum atomic E-state index is 10.4. The molecule has 1 unspecified atom stereocenters. The molecule has 0 aromatic heterocycles. The van der Waals surface area contributed by atoms with Crippen molar-refractivity contribution < 1.29 is 29.5 Å². The molecule has 3 aromatic carbocycles. The van der Waals surface area contributed by atoms with Gasteiger partial charge in [0.05, 0.1) is 25.4 Å². The van der Waals surface area contributed by atoms with Crippen LogP contribution in [0.1, 0.15) is 41.4 Å². The Labute approximate surface area is 205 Å². The fourth-order valence-electron chi connectivity index (χ4n) is 4.00. The topological polar surface area (TPSA) is 100 Å². The molecule has 0 amide bonds. The van der Waals surface area contributed by atoms with E-state index in [2.05, 4.69) is 17.4 Å². The largest absolute Gasteiger partial charge is 0.508 e. The van der Waals surface area contributed by atoms with Gasteiger partial charge in [0.15, 0.2) is 17.6 Å². The van der Waals surface area contributed by atoms with Gasteiger partial charge in [0.2, 0.25) is 0 Å². The van der Waals surface area contributed by atoms with Crippen molar-refractivity contribution in [2.45, 2.75) is 38.3 Å². The molecule has 0 fully saturated rings. The molecule has 3 atom stereocenters. The summed E-state index contributed by atoms with van der Waals surface area (Å²) in [5, 5.41) is 32.6. The molecule has 0 bridgehead atoms. The predicted octanol–water partition coefficient (Wildman–Crippen LogP) is 3.67. The summed E-state index contributed by atoms with van der Waals surface area (Å²) in [6.45, 7) is 3.67. The van der Waals surface area contributed by atoms with Crippen LogP contribution < -0.4 is 14.8 Å². The van der Waals surface area contributed by atoms with Crippen molar-refractivity contribution in [1.82, 2.24) is 5.32 Å². The number of benzene rings is 3. The molecular formula is C28H33NO6. The van der Waals surface area contributed by atoms with E-state index in [1.165, 1.54) is 6.07 Å². The van der Waals surface area contributed by atoms with E-state index < -0.39 is 6.10 Å². The molecule has 0 aliphatic carbocycles. The number of fused-ring (bicyclic) bond motifs is 1. The Morgan fingerprint density at radius 1 is 1.03 bits per heavy atom. The van der Waals surface area contributed by atoms with E-state index >= 15 is 0 Å². The highest BCUT2D eigenvalue weighted by atomic mass is 16.6. The molecular weight excluding hydrogens is 446 g/mol. The first-order chi connectivity index (χ1) is 17.0. The van der Waals surface area contributed by atoms with Crippen molar-refractivity contribution in [1.29, 1.82) is 0 Å². The predicted molar refractivity (Wildman–Crippen MR) is 133 cm³/mol. The van der Waals surface area contributed by atoms with Gasteiger partial charge in [-0.15, -0.1) is 0 Å².